The zero-order chi connectivity index (χ0) is 9.47. The van der Waals surface area contributed by atoms with Crippen LogP contribution < -0.4 is 0 Å². The van der Waals surface area contributed by atoms with Gasteiger partial charge in [-0.05, 0) is 24.7 Å². The summed E-state index contributed by atoms with van der Waals surface area (Å²) in [4.78, 5) is 11.0. The lowest BCUT2D eigenvalue weighted by atomic mass is 9.76. The van der Waals surface area contributed by atoms with Gasteiger partial charge in [0.05, 0.1) is 0 Å². The second-order valence-corrected chi connectivity index (χ2v) is 4.80. The maximum Gasteiger partial charge on any atom is 0.222 e. The van der Waals surface area contributed by atoms with Gasteiger partial charge in [-0.25, -0.2) is 0 Å². The standard InChI is InChI=1S/C10H17NO2/c1-2-8-5-9-3-4-10(6-8,7-9)11(12)13/h8-9H,2-7H2,1H3. The Morgan fingerprint density at radius 3 is 2.92 bits per heavy atom. The van der Waals surface area contributed by atoms with E-state index in [9.17, 15) is 10.1 Å². The van der Waals surface area contributed by atoms with Crippen molar-refractivity contribution < 1.29 is 4.92 Å². The number of nitrogens with zero attached hydrogens (tertiary/aromatic N) is 1. The van der Waals surface area contributed by atoms with E-state index in [0.717, 1.165) is 32.1 Å². The summed E-state index contributed by atoms with van der Waals surface area (Å²) in [5.41, 5.74) is -0.510. The molecule has 0 aliphatic heterocycles. The number of fused-ring (bicyclic) bond motifs is 2. The van der Waals surface area contributed by atoms with Crippen molar-refractivity contribution in [2.24, 2.45) is 11.8 Å². The first-order chi connectivity index (χ1) is 6.16. The third-order valence-electron chi connectivity index (χ3n) is 3.99. The minimum absolute atomic E-state index is 0.00875. The molecule has 2 aliphatic rings. The van der Waals surface area contributed by atoms with Gasteiger partial charge in [0.1, 0.15) is 0 Å². The average molecular weight is 183 g/mol. The maximum absolute atomic E-state index is 11.0. The normalized spacial score (nSPS) is 43.5. The van der Waals surface area contributed by atoms with Crippen molar-refractivity contribution in [2.45, 2.75) is 51.0 Å². The molecule has 3 nitrogen and oxygen atoms in total. The predicted molar refractivity (Wildman–Crippen MR) is 50.1 cm³/mol. The summed E-state index contributed by atoms with van der Waals surface area (Å²) in [6.07, 6.45) is 5.99. The van der Waals surface area contributed by atoms with Crippen LogP contribution in [0.4, 0.5) is 0 Å². The molecular weight excluding hydrogens is 166 g/mol. The summed E-state index contributed by atoms with van der Waals surface area (Å²) in [5, 5.41) is 11.0. The molecule has 0 aromatic heterocycles. The van der Waals surface area contributed by atoms with Crippen molar-refractivity contribution in [3.8, 4) is 0 Å². The predicted octanol–water partition coefficient (Wildman–Crippen LogP) is 2.62. The fraction of sp³-hybridized carbons (Fsp3) is 1.00. The fourth-order valence-corrected chi connectivity index (χ4v) is 3.24. The molecule has 2 rings (SSSR count). The Balaban J connectivity index is 2.16. The number of rotatable bonds is 2. The van der Waals surface area contributed by atoms with Crippen LogP contribution in [0.2, 0.25) is 0 Å². The Morgan fingerprint density at radius 1 is 1.54 bits per heavy atom. The van der Waals surface area contributed by atoms with Gasteiger partial charge in [0.15, 0.2) is 0 Å². The number of hydrogen-bond donors (Lipinski definition) is 0. The lowest BCUT2D eigenvalue weighted by Gasteiger charge is -2.30. The van der Waals surface area contributed by atoms with E-state index < -0.39 is 5.54 Å². The second kappa shape index (κ2) is 2.96. The molecule has 0 spiro atoms. The molecule has 13 heavy (non-hydrogen) atoms. The van der Waals surface area contributed by atoms with Crippen LogP contribution in [0.25, 0.3) is 0 Å². The molecule has 74 valence electrons. The van der Waals surface area contributed by atoms with E-state index >= 15 is 0 Å². The van der Waals surface area contributed by atoms with Crippen molar-refractivity contribution in [1.29, 1.82) is 0 Å². The molecule has 0 amide bonds. The van der Waals surface area contributed by atoms with Crippen LogP contribution in [0, 0.1) is 22.0 Å². The highest BCUT2D eigenvalue weighted by Crippen LogP contribution is 2.49. The van der Waals surface area contributed by atoms with Crippen molar-refractivity contribution in [2.75, 3.05) is 0 Å². The van der Waals surface area contributed by atoms with Gasteiger partial charge in [-0.1, -0.05) is 13.3 Å². The molecule has 0 saturated heterocycles. The van der Waals surface area contributed by atoms with Gasteiger partial charge in [-0.2, -0.15) is 0 Å². The van der Waals surface area contributed by atoms with Gasteiger partial charge >= 0.3 is 0 Å². The van der Waals surface area contributed by atoms with Crippen LogP contribution in [0.5, 0.6) is 0 Å². The Hall–Kier alpha value is -0.600. The lowest BCUT2D eigenvalue weighted by Crippen LogP contribution is -2.40. The highest BCUT2D eigenvalue weighted by molar-refractivity contribution is 4.96. The highest BCUT2D eigenvalue weighted by Gasteiger charge is 2.53. The van der Waals surface area contributed by atoms with Crippen LogP contribution in [0.15, 0.2) is 0 Å². The van der Waals surface area contributed by atoms with Crippen molar-refractivity contribution in [3.05, 3.63) is 10.1 Å². The largest absolute Gasteiger partial charge is 0.264 e. The SMILES string of the molecule is CCC1CC2CCC([N+](=O)[O-])(C1)C2. The molecule has 3 atom stereocenters. The summed E-state index contributed by atoms with van der Waals surface area (Å²) < 4.78 is 0. The average Bonchev–Trinajstić information content (AvgIpc) is 2.43. The molecule has 0 N–H and O–H groups in total. The van der Waals surface area contributed by atoms with Crippen LogP contribution in [-0.4, -0.2) is 10.5 Å². The molecule has 0 radical (unpaired) electrons. The minimum atomic E-state index is -0.510. The smallest absolute Gasteiger partial charge is 0.222 e. The van der Waals surface area contributed by atoms with E-state index in [4.69, 9.17) is 0 Å². The van der Waals surface area contributed by atoms with E-state index in [1.807, 2.05) is 0 Å². The Kier molecular flexibility index (Phi) is 2.05. The van der Waals surface area contributed by atoms with E-state index in [1.165, 1.54) is 6.42 Å². The first kappa shape index (κ1) is 8.97. The molecule has 0 aromatic rings. The third kappa shape index (κ3) is 1.34. The molecule has 2 fully saturated rings. The molecule has 2 saturated carbocycles. The van der Waals surface area contributed by atoms with E-state index in [0.29, 0.717) is 11.8 Å². The zero-order valence-corrected chi connectivity index (χ0v) is 8.16. The van der Waals surface area contributed by atoms with Crippen molar-refractivity contribution in [1.82, 2.24) is 0 Å². The molecule has 0 aromatic carbocycles. The monoisotopic (exact) mass is 183 g/mol. The zero-order valence-electron chi connectivity index (χ0n) is 8.16. The Morgan fingerprint density at radius 2 is 2.31 bits per heavy atom. The van der Waals surface area contributed by atoms with Crippen LogP contribution in [0.1, 0.15) is 45.4 Å². The number of nitro groups is 1. The molecule has 2 aliphatic carbocycles. The lowest BCUT2D eigenvalue weighted by molar-refractivity contribution is -0.573. The Labute approximate surface area is 78.7 Å². The molecule has 2 bridgehead atoms. The molecular formula is C10H17NO2. The topological polar surface area (TPSA) is 43.1 Å². The third-order valence-corrected chi connectivity index (χ3v) is 3.99. The summed E-state index contributed by atoms with van der Waals surface area (Å²) in [6.45, 7) is 2.16. The first-order valence-electron chi connectivity index (χ1n) is 5.31. The number of hydrogen-bond acceptors (Lipinski definition) is 2. The summed E-state index contributed by atoms with van der Waals surface area (Å²) in [7, 11) is 0. The van der Waals surface area contributed by atoms with Gasteiger partial charge in [0.25, 0.3) is 0 Å². The highest BCUT2D eigenvalue weighted by atomic mass is 16.6. The van der Waals surface area contributed by atoms with E-state index in [-0.39, 0.29) is 4.92 Å². The maximum atomic E-state index is 11.0. The first-order valence-corrected chi connectivity index (χ1v) is 5.31. The van der Waals surface area contributed by atoms with E-state index in [1.54, 1.807) is 0 Å². The van der Waals surface area contributed by atoms with Crippen LogP contribution >= 0.6 is 0 Å². The fourth-order valence-electron chi connectivity index (χ4n) is 3.24. The molecule has 0 heterocycles. The van der Waals surface area contributed by atoms with Crippen molar-refractivity contribution in [3.63, 3.8) is 0 Å². The molecule has 3 unspecified atom stereocenters. The van der Waals surface area contributed by atoms with Gasteiger partial charge in [0.2, 0.25) is 5.54 Å². The Bertz CT molecular complexity index is 229. The van der Waals surface area contributed by atoms with Gasteiger partial charge in [0, 0.05) is 24.2 Å². The van der Waals surface area contributed by atoms with Gasteiger partial charge < -0.3 is 0 Å². The van der Waals surface area contributed by atoms with Crippen LogP contribution in [0.3, 0.4) is 0 Å². The van der Waals surface area contributed by atoms with Gasteiger partial charge in [-0.15, -0.1) is 0 Å². The van der Waals surface area contributed by atoms with Crippen LogP contribution in [-0.2, 0) is 0 Å². The van der Waals surface area contributed by atoms with E-state index in [2.05, 4.69) is 6.92 Å². The molecule has 3 heteroatoms. The summed E-state index contributed by atoms with van der Waals surface area (Å²) >= 11 is 0. The minimum Gasteiger partial charge on any atom is -0.264 e. The summed E-state index contributed by atoms with van der Waals surface area (Å²) in [6, 6.07) is 0. The van der Waals surface area contributed by atoms with Crippen molar-refractivity contribution >= 4 is 0 Å². The summed E-state index contributed by atoms with van der Waals surface area (Å²) in [5.74, 6) is 1.27. The van der Waals surface area contributed by atoms with Gasteiger partial charge in [-0.3, -0.25) is 10.1 Å². The second-order valence-electron chi connectivity index (χ2n) is 4.80. The quantitative estimate of drug-likeness (QED) is 0.488.